The zero-order valence-electron chi connectivity index (χ0n) is 10.2. The monoisotopic (exact) mass is 272 g/mol. The van der Waals surface area contributed by atoms with Gasteiger partial charge < -0.3 is 0 Å². The van der Waals surface area contributed by atoms with Gasteiger partial charge in [-0.25, -0.2) is 0 Å². The maximum absolute atomic E-state index is 11.2. The van der Waals surface area contributed by atoms with E-state index in [0.717, 1.165) is 25.0 Å². The minimum Gasteiger partial charge on any atom is -0.277 e. The van der Waals surface area contributed by atoms with Crippen molar-refractivity contribution in [3.8, 4) is 0 Å². The predicted molar refractivity (Wildman–Crippen MR) is 77.1 cm³/mol. The Hall–Kier alpha value is -0.280. The molecule has 1 aromatic rings. The molecule has 0 bridgehead atoms. The fraction of sp³-hybridized carbons (Fsp3) is 0.500. The van der Waals surface area contributed by atoms with Crippen molar-refractivity contribution in [2.45, 2.75) is 32.1 Å². The van der Waals surface area contributed by atoms with Crippen LogP contribution in [0.2, 0.25) is 0 Å². The predicted octanol–water partition coefficient (Wildman–Crippen LogP) is 3.72. The molecule has 4 N–H and O–H groups in total. The van der Waals surface area contributed by atoms with Crippen molar-refractivity contribution in [3.63, 3.8) is 0 Å². The number of rotatable bonds is 7. The van der Waals surface area contributed by atoms with Crippen LogP contribution < -0.4 is 11.0 Å². The van der Waals surface area contributed by atoms with Gasteiger partial charge in [0.25, 0.3) is 6.65 Å². The smallest absolute Gasteiger partial charge is 0.261 e. The van der Waals surface area contributed by atoms with E-state index < -0.39 is 6.65 Å². The Bertz CT molecular complexity index is 366. The first kappa shape index (κ1) is 14.8. The summed E-state index contributed by atoms with van der Waals surface area (Å²) in [5.41, 5.74) is 12.0. The topological polar surface area (TPSA) is 69.1 Å². The maximum Gasteiger partial charge on any atom is 0.261 e. The molecule has 0 aliphatic heterocycles. The normalized spacial score (nSPS) is 13.6. The first-order valence-electron chi connectivity index (χ1n) is 5.89. The number of benzene rings is 1. The number of hydrogen-bond acceptors (Lipinski definition) is 2. The zero-order valence-corrected chi connectivity index (χ0v) is 11.9. The van der Waals surface area contributed by atoms with E-state index in [1.165, 1.54) is 16.9 Å². The molecule has 1 atom stereocenters. The van der Waals surface area contributed by atoms with Gasteiger partial charge in [0, 0.05) is 5.75 Å². The third kappa shape index (κ3) is 6.27. The van der Waals surface area contributed by atoms with Gasteiger partial charge in [-0.1, -0.05) is 55.1 Å². The molecule has 0 saturated heterocycles. The summed E-state index contributed by atoms with van der Waals surface area (Å²) in [6.07, 6.45) is 3.26. The van der Waals surface area contributed by atoms with Crippen LogP contribution in [0.3, 0.4) is 0 Å². The standard InChI is InChI=1S/C12H21N2OPS/c1-2-6-11(9-10-17-16(13,14)15)12-7-4-3-5-8-12/h3-5,7-8,11H,2,6,9-10H2,1H3,(H4,13,14,15)/t11-/m0/s1. The molecule has 5 heteroatoms. The first-order chi connectivity index (χ1) is 8.03. The van der Waals surface area contributed by atoms with Gasteiger partial charge in [0.1, 0.15) is 0 Å². The van der Waals surface area contributed by atoms with Crippen molar-refractivity contribution in [3.05, 3.63) is 35.9 Å². The minimum atomic E-state index is -2.92. The summed E-state index contributed by atoms with van der Waals surface area (Å²) >= 11 is 1.19. The van der Waals surface area contributed by atoms with Crippen LogP contribution >= 0.6 is 18.0 Å². The van der Waals surface area contributed by atoms with Crippen LogP contribution in [-0.4, -0.2) is 5.75 Å². The molecule has 0 unspecified atom stereocenters. The molecule has 0 radical (unpaired) electrons. The van der Waals surface area contributed by atoms with Crippen molar-refractivity contribution in [2.75, 3.05) is 5.75 Å². The average Bonchev–Trinajstić information content (AvgIpc) is 2.27. The first-order valence-corrected chi connectivity index (χ1v) is 9.33. The molecule has 17 heavy (non-hydrogen) atoms. The Morgan fingerprint density at radius 1 is 1.24 bits per heavy atom. The molecular weight excluding hydrogens is 251 g/mol. The molecule has 0 fully saturated rings. The van der Waals surface area contributed by atoms with Crippen LogP contribution in [0.1, 0.15) is 37.7 Å². The molecular formula is C12H21N2OPS. The van der Waals surface area contributed by atoms with E-state index in [2.05, 4.69) is 31.2 Å². The highest BCUT2D eigenvalue weighted by molar-refractivity contribution is 8.56. The lowest BCUT2D eigenvalue weighted by atomic mass is 9.92. The molecule has 1 rings (SSSR count). The van der Waals surface area contributed by atoms with E-state index >= 15 is 0 Å². The largest absolute Gasteiger partial charge is 0.277 e. The van der Waals surface area contributed by atoms with E-state index in [1.54, 1.807) is 0 Å². The van der Waals surface area contributed by atoms with Crippen molar-refractivity contribution < 1.29 is 4.57 Å². The van der Waals surface area contributed by atoms with Crippen LogP contribution in [0.25, 0.3) is 0 Å². The van der Waals surface area contributed by atoms with Gasteiger partial charge in [0.15, 0.2) is 0 Å². The van der Waals surface area contributed by atoms with E-state index in [9.17, 15) is 4.57 Å². The minimum absolute atomic E-state index is 0.514. The summed E-state index contributed by atoms with van der Waals surface area (Å²) in [4.78, 5) is 0. The van der Waals surface area contributed by atoms with Gasteiger partial charge in [-0.05, 0) is 24.3 Å². The van der Waals surface area contributed by atoms with E-state index in [0.29, 0.717) is 5.92 Å². The molecule has 0 heterocycles. The molecule has 96 valence electrons. The average molecular weight is 272 g/mol. The lowest BCUT2D eigenvalue weighted by Crippen LogP contribution is -2.04. The van der Waals surface area contributed by atoms with Gasteiger partial charge in [-0.15, -0.1) is 0 Å². The fourth-order valence-corrected chi connectivity index (χ4v) is 3.74. The second-order valence-electron chi connectivity index (χ2n) is 4.16. The molecule has 0 amide bonds. The van der Waals surface area contributed by atoms with Crippen LogP contribution in [0.15, 0.2) is 30.3 Å². The summed E-state index contributed by atoms with van der Waals surface area (Å²) in [6, 6.07) is 10.4. The lowest BCUT2D eigenvalue weighted by Gasteiger charge is -2.16. The Morgan fingerprint density at radius 2 is 1.88 bits per heavy atom. The Kier molecular flexibility index (Phi) is 6.28. The van der Waals surface area contributed by atoms with Gasteiger partial charge >= 0.3 is 0 Å². The lowest BCUT2D eigenvalue weighted by molar-refractivity contribution is 0.586. The third-order valence-electron chi connectivity index (χ3n) is 2.67. The van der Waals surface area contributed by atoms with Gasteiger partial charge in [0.2, 0.25) is 0 Å². The van der Waals surface area contributed by atoms with Crippen molar-refractivity contribution in [1.82, 2.24) is 0 Å². The molecule has 1 aromatic carbocycles. The fourth-order valence-electron chi connectivity index (χ4n) is 1.89. The van der Waals surface area contributed by atoms with Crippen LogP contribution in [0.4, 0.5) is 0 Å². The molecule has 0 aromatic heterocycles. The van der Waals surface area contributed by atoms with Crippen LogP contribution in [0, 0.1) is 0 Å². The Morgan fingerprint density at radius 3 is 2.41 bits per heavy atom. The Labute approximate surface area is 108 Å². The second kappa shape index (κ2) is 7.22. The van der Waals surface area contributed by atoms with Gasteiger partial charge in [0.05, 0.1) is 0 Å². The van der Waals surface area contributed by atoms with E-state index in [4.69, 9.17) is 11.0 Å². The molecule has 0 aliphatic carbocycles. The number of nitrogens with two attached hydrogens (primary N) is 2. The molecule has 0 aliphatic rings. The van der Waals surface area contributed by atoms with Crippen LogP contribution in [0.5, 0.6) is 0 Å². The number of hydrogen-bond donors (Lipinski definition) is 2. The highest BCUT2D eigenvalue weighted by Gasteiger charge is 2.13. The highest BCUT2D eigenvalue weighted by Crippen LogP contribution is 2.44. The van der Waals surface area contributed by atoms with Crippen LogP contribution in [-0.2, 0) is 4.57 Å². The molecule has 3 nitrogen and oxygen atoms in total. The highest BCUT2D eigenvalue weighted by atomic mass is 32.7. The third-order valence-corrected chi connectivity index (χ3v) is 5.25. The summed E-state index contributed by atoms with van der Waals surface area (Å²) < 4.78 is 11.2. The van der Waals surface area contributed by atoms with Gasteiger partial charge in [-0.2, -0.15) is 0 Å². The Balaban J connectivity index is 2.53. The quantitative estimate of drug-likeness (QED) is 0.742. The SMILES string of the molecule is CCC[C@@H](CCSP(N)(N)=O)c1ccccc1. The summed E-state index contributed by atoms with van der Waals surface area (Å²) in [6.45, 7) is -0.735. The summed E-state index contributed by atoms with van der Waals surface area (Å²) in [5, 5.41) is 0. The van der Waals surface area contributed by atoms with Crippen molar-refractivity contribution >= 4 is 18.0 Å². The van der Waals surface area contributed by atoms with E-state index in [1.807, 2.05) is 6.07 Å². The summed E-state index contributed by atoms with van der Waals surface area (Å²) in [5.74, 6) is 1.27. The molecule has 0 saturated carbocycles. The van der Waals surface area contributed by atoms with E-state index in [-0.39, 0.29) is 0 Å². The second-order valence-corrected chi connectivity index (χ2v) is 8.61. The summed E-state index contributed by atoms with van der Waals surface area (Å²) in [7, 11) is 0. The van der Waals surface area contributed by atoms with Gasteiger partial charge in [-0.3, -0.25) is 15.6 Å². The maximum atomic E-state index is 11.2. The van der Waals surface area contributed by atoms with Crippen molar-refractivity contribution in [2.24, 2.45) is 11.0 Å². The van der Waals surface area contributed by atoms with Crippen molar-refractivity contribution in [1.29, 1.82) is 0 Å². The molecule has 0 spiro atoms. The zero-order chi connectivity index (χ0) is 12.7.